The fourth-order valence-electron chi connectivity index (χ4n) is 3.90. The molecular weight excluding hydrogens is 352 g/mol. The van der Waals surface area contributed by atoms with Gasteiger partial charge in [-0.15, -0.1) is 0 Å². The van der Waals surface area contributed by atoms with E-state index in [0.29, 0.717) is 6.42 Å². The lowest BCUT2D eigenvalue weighted by Gasteiger charge is -2.02. The Kier molecular flexibility index (Phi) is 12.1. The van der Waals surface area contributed by atoms with Crippen LogP contribution in [0.2, 0.25) is 0 Å². The second-order valence-corrected chi connectivity index (χ2v) is 8.40. The molecule has 0 saturated heterocycles. The Balaban J connectivity index is 1.47. The van der Waals surface area contributed by atoms with Crippen molar-refractivity contribution in [1.82, 2.24) is 0 Å². The smallest absolute Gasteiger partial charge is 0.155 e. The van der Waals surface area contributed by atoms with Crippen molar-refractivity contribution in [3.63, 3.8) is 0 Å². The first-order chi connectivity index (χ1) is 14.3. The Morgan fingerprint density at radius 3 is 1.86 bits per heavy atom. The molecule has 0 amide bonds. The first kappa shape index (κ1) is 23.4. The average molecular weight is 393 g/mol. The molecule has 0 unspecified atom stereocenters. The van der Waals surface area contributed by atoms with Crippen molar-refractivity contribution < 1.29 is 4.79 Å². The zero-order valence-electron chi connectivity index (χ0n) is 18.5. The summed E-state index contributed by atoms with van der Waals surface area (Å²) in [6.45, 7) is 2.28. The van der Waals surface area contributed by atoms with Crippen LogP contribution in [0.4, 0.5) is 0 Å². The van der Waals surface area contributed by atoms with Gasteiger partial charge in [-0.2, -0.15) is 0 Å². The molecule has 0 N–H and O–H groups in total. The van der Waals surface area contributed by atoms with Crippen molar-refractivity contribution >= 4 is 22.6 Å². The molecular formula is C28H40O. The van der Waals surface area contributed by atoms with E-state index in [0.717, 1.165) is 12.0 Å². The van der Waals surface area contributed by atoms with Crippen molar-refractivity contribution in [2.45, 2.75) is 96.8 Å². The van der Waals surface area contributed by atoms with E-state index in [1.807, 2.05) is 6.08 Å². The first-order valence-electron chi connectivity index (χ1n) is 12.0. The Morgan fingerprint density at radius 1 is 0.690 bits per heavy atom. The number of carbonyl (C=O) groups is 1. The number of ketones is 1. The molecule has 0 atom stereocenters. The third-order valence-electron chi connectivity index (χ3n) is 5.76. The summed E-state index contributed by atoms with van der Waals surface area (Å²) < 4.78 is 0. The van der Waals surface area contributed by atoms with Crippen LogP contribution >= 0.6 is 0 Å². The maximum absolute atomic E-state index is 12.1. The van der Waals surface area contributed by atoms with Crippen LogP contribution in [0.25, 0.3) is 16.8 Å². The topological polar surface area (TPSA) is 17.1 Å². The normalized spacial score (nSPS) is 11.5. The quantitative estimate of drug-likeness (QED) is 0.206. The van der Waals surface area contributed by atoms with Crippen LogP contribution in [0.5, 0.6) is 0 Å². The van der Waals surface area contributed by atoms with Gasteiger partial charge in [0, 0.05) is 6.42 Å². The van der Waals surface area contributed by atoms with E-state index in [4.69, 9.17) is 0 Å². The Labute approximate surface area is 178 Å². The summed E-state index contributed by atoms with van der Waals surface area (Å²) in [5.41, 5.74) is 1.10. The highest BCUT2D eigenvalue weighted by Gasteiger charge is 1.99. The zero-order valence-corrected chi connectivity index (χ0v) is 18.5. The van der Waals surface area contributed by atoms with Crippen molar-refractivity contribution in [3.05, 3.63) is 54.1 Å². The summed E-state index contributed by atoms with van der Waals surface area (Å²) in [6.07, 6.45) is 21.8. The van der Waals surface area contributed by atoms with Gasteiger partial charge in [-0.1, -0.05) is 126 Å². The molecule has 0 bridgehead atoms. The molecule has 2 rings (SSSR count). The molecule has 2 aromatic rings. The summed E-state index contributed by atoms with van der Waals surface area (Å²) in [5, 5.41) is 2.46. The summed E-state index contributed by atoms with van der Waals surface area (Å²) in [7, 11) is 0. The van der Waals surface area contributed by atoms with Crippen molar-refractivity contribution in [1.29, 1.82) is 0 Å². The van der Waals surface area contributed by atoms with Crippen LogP contribution in [-0.4, -0.2) is 5.78 Å². The lowest BCUT2D eigenvalue weighted by Crippen LogP contribution is -1.92. The van der Waals surface area contributed by atoms with Crippen LogP contribution in [0.1, 0.15) is 102 Å². The molecule has 158 valence electrons. The molecule has 0 spiro atoms. The molecule has 0 radical (unpaired) electrons. The molecule has 0 aromatic heterocycles. The van der Waals surface area contributed by atoms with Gasteiger partial charge >= 0.3 is 0 Å². The lowest BCUT2D eigenvalue weighted by atomic mass is 10.0. The van der Waals surface area contributed by atoms with E-state index in [9.17, 15) is 4.79 Å². The van der Waals surface area contributed by atoms with E-state index in [-0.39, 0.29) is 5.78 Å². The van der Waals surface area contributed by atoms with Gasteiger partial charge in [0.25, 0.3) is 0 Å². The summed E-state index contributed by atoms with van der Waals surface area (Å²) in [4.78, 5) is 12.1. The molecule has 0 aliphatic carbocycles. The largest absolute Gasteiger partial charge is 0.295 e. The molecule has 0 aliphatic heterocycles. The van der Waals surface area contributed by atoms with E-state index >= 15 is 0 Å². The predicted molar refractivity (Wildman–Crippen MR) is 128 cm³/mol. The predicted octanol–water partition coefficient (Wildman–Crippen LogP) is 8.90. The van der Waals surface area contributed by atoms with E-state index in [1.54, 1.807) is 6.08 Å². The second kappa shape index (κ2) is 15.0. The first-order valence-corrected chi connectivity index (χ1v) is 12.0. The molecule has 0 heterocycles. The van der Waals surface area contributed by atoms with Crippen LogP contribution in [-0.2, 0) is 4.79 Å². The molecule has 29 heavy (non-hydrogen) atoms. The Morgan fingerprint density at radius 2 is 1.24 bits per heavy atom. The molecule has 1 nitrogen and oxygen atoms in total. The van der Waals surface area contributed by atoms with E-state index in [2.05, 4.69) is 49.4 Å². The minimum Gasteiger partial charge on any atom is -0.295 e. The SMILES string of the molecule is CCCCCCCCCCCCCCCC(=O)/C=C/c1ccc2ccccc2c1. The van der Waals surface area contributed by atoms with Gasteiger partial charge in [0.15, 0.2) is 5.78 Å². The molecule has 1 heteroatoms. The molecule has 0 fully saturated rings. The molecule has 2 aromatic carbocycles. The fourth-order valence-corrected chi connectivity index (χ4v) is 3.90. The third-order valence-corrected chi connectivity index (χ3v) is 5.76. The Bertz CT molecular complexity index is 728. The highest BCUT2D eigenvalue weighted by Crippen LogP contribution is 2.17. The maximum atomic E-state index is 12.1. The summed E-state index contributed by atoms with van der Waals surface area (Å²) in [5.74, 6) is 0.251. The minimum atomic E-state index is 0.251. The molecule has 0 saturated carbocycles. The second-order valence-electron chi connectivity index (χ2n) is 8.40. The van der Waals surface area contributed by atoms with Gasteiger partial charge in [-0.25, -0.2) is 0 Å². The number of carbonyl (C=O) groups excluding carboxylic acids is 1. The van der Waals surface area contributed by atoms with Gasteiger partial charge in [0.1, 0.15) is 0 Å². The fraction of sp³-hybridized carbons (Fsp3) is 0.536. The highest BCUT2D eigenvalue weighted by atomic mass is 16.1. The number of allylic oxidation sites excluding steroid dienone is 1. The van der Waals surface area contributed by atoms with Gasteiger partial charge in [0.2, 0.25) is 0 Å². The van der Waals surface area contributed by atoms with Crippen molar-refractivity contribution in [2.24, 2.45) is 0 Å². The summed E-state index contributed by atoms with van der Waals surface area (Å²) in [6, 6.07) is 14.7. The zero-order chi connectivity index (χ0) is 20.6. The van der Waals surface area contributed by atoms with Gasteiger partial charge < -0.3 is 0 Å². The average Bonchev–Trinajstić information content (AvgIpc) is 2.75. The number of unbranched alkanes of at least 4 members (excludes halogenated alkanes) is 12. The number of rotatable bonds is 16. The van der Waals surface area contributed by atoms with Crippen LogP contribution in [0.3, 0.4) is 0 Å². The van der Waals surface area contributed by atoms with Gasteiger partial charge in [0.05, 0.1) is 0 Å². The molecule has 0 aliphatic rings. The minimum absolute atomic E-state index is 0.251. The number of hydrogen-bond acceptors (Lipinski definition) is 1. The maximum Gasteiger partial charge on any atom is 0.155 e. The standard InChI is InChI=1S/C28H40O/c1-2-3-4-5-6-7-8-9-10-11-12-13-14-19-28(29)23-21-25-20-22-26-17-15-16-18-27(26)24-25/h15-18,20-24H,2-14,19H2,1H3/b23-21+. The van der Waals surface area contributed by atoms with Crippen LogP contribution < -0.4 is 0 Å². The Hall–Kier alpha value is -1.89. The van der Waals surface area contributed by atoms with Crippen molar-refractivity contribution in [3.8, 4) is 0 Å². The number of hydrogen-bond donors (Lipinski definition) is 0. The highest BCUT2D eigenvalue weighted by molar-refractivity contribution is 5.94. The van der Waals surface area contributed by atoms with Crippen molar-refractivity contribution in [2.75, 3.05) is 0 Å². The number of benzene rings is 2. The third kappa shape index (κ3) is 10.5. The lowest BCUT2D eigenvalue weighted by molar-refractivity contribution is -0.114. The van der Waals surface area contributed by atoms with E-state index < -0.39 is 0 Å². The monoisotopic (exact) mass is 392 g/mol. The van der Waals surface area contributed by atoms with Gasteiger partial charge in [-0.05, 0) is 34.9 Å². The number of fused-ring (bicyclic) bond motifs is 1. The van der Waals surface area contributed by atoms with E-state index in [1.165, 1.54) is 87.8 Å². The van der Waals surface area contributed by atoms with Crippen LogP contribution in [0, 0.1) is 0 Å². The van der Waals surface area contributed by atoms with Gasteiger partial charge in [-0.3, -0.25) is 4.79 Å². The van der Waals surface area contributed by atoms with Crippen LogP contribution in [0.15, 0.2) is 48.5 Å². The summed E-state index contributed by atoms with van der Waals surface area (Å²) >= 11 is 0.